The quantitative estimate of drug-likeness (QED) is 0.0190. The van der Waals surface area contributed by atoms with Crippen molar-refractivity contribution in [3.8, 4) is 5.75 Å². The molecule has 0 fully saturated rings. The van der Waals surface area contributed by atoms with E-state index in [1.807, 2.05) is 12.1 Å². The number of aryl methyl sites for hydroxylation is 2. The first-order valence-electron chi connectivity index (χ1n) is 13.0. The van der Waals surface area contributed by atoms with Crippen molar-refractivity contribution < 1.29 is 46.7 Å². The second kappa shape index (κ2) is 16.6. The summed E-state index contributed by atoms with van der Waals surface area (Å²) in [5.41, 5.74) is 2.18. The zero-order chi connectivity index (χ0) is 31.2. The Balaban J connectivity index is 1.61. The Kier molecular flexibility index (Phi) is 13.0. The Morgan fingerprint density at radius 3 is 2.30 bits per heavy atom. The van der Waals surface area contributed by atoms with Crippen molar-refractivity contribution in [1.82, 2.24) is 0 Å². The lowest BCUT2D eigenvalue weighted by molar-refractivity contribution is -0.432. The van der Waals surface area contributed by atoms with Crippen LogP contribution in [0.25, 0.3) is 0 Å². The summed E-state index contributed by atoms with van der Waals surface area (Å²) in [5.74, 6) is -0.948. The number of azo groups is 1. The van der Waals surface area contributed by atoms with Gasteiger partial charge in [0.15, 0.2) is 0 Å². The summed E-state index contributed by atoms with van der Waals surface area (Å²) in [5, 5.41) is 20.3. The van der Waals surface area contributed by atoms with E-state index in [1.54, 1.807) is 12.1 Å². The number of unbranched alkanes of at least 4 members (excludes halogenated alkanes) is 3. The van der Waals surface area contributed by atoms with Crippen molar-refractivity contribution in [2.24, 2.45) is 10.2 Å². The summed E-state index contributed by atoms with van der Waals surface area (Å²) in [6, 6.07) is 15.6. The first-order chi connectivity index (χ1) is 20.6. The molecule has 228 valence electrons. The van der Waals surface area contributed by atoms with Gasteiger partial charge in [-0.25, -0.2) is 14.8 Å². The van der Waals surface area contributed by atoms with Gasteiger partial charge >= 0.3 is 11.9 Å². The number of ether oxygens (including phenoxy) is 2. The summed E-state index contributed by atoms with van der Waals surface area (Å²) in [4.78, 5) is 23.8. The average Bonchev–Trinajstić information content (AvgIpc) is 2.99. The van der Waals surface area contributed by atoms with E-state index in [2.05, 4.69) is 26.2 Å². The minimum absolute atomic E-state index is 0.0952. The summed E-state index contributed by atoms with van der Waals surface area (Å²) in [6.07, 6.45) is 5.61. The van der Waals surface area contributed by atoms with Crippen molar-refractivity contribution in [2.75, 3.05) is 6.61 Å². The van der Waals surface area contributed by atoms with Crippen LogP contribution in [0.15, 0.2) is 93.3 Å². The third-order valence-corrected chi connectivity index (χ3v) is 7.60. The molecule has 0 radical (unpaired) electrons. The molecule has 0 spiro atoms. The monoisotopic (exact) mass is 630 g/mol. The van der Waals surface area contributed by atoms with E-state index < -0.39 is 22.1 Å². The predicted octanol–water partition coefficient (Wildman–Crippen LogP) is 7.14. The fraction of sp³-hybridized carbons (Fsp3) is 0.241. The van der Waals surface area contributed by atoms with Crippen LogP contribution in [0.1, 0.15) is 47.2 Å². The standard InChI is InChI=1S/C29H30N2O10S2/c1-3-28(32)38-17-7-5-4-6-8-21-10-12-22(13-11-21)29(33)39-25-16-15-23(18-26(25)42-41-40-34)30-31-24-14-9-20(2)27(19-24)43(35,36)37/h3,9-16,18-19,34H,1,4-8,17H2,2H3,(H,35,36,37). The Hall–Kier alpha value is -3.92. The molecule has 43 heavy (non-hydrogen) atoms. The number of carbonyl (C=O) groups is 2. The SMILES string of the molecule is C=CC(=O)OCCCCCCc1ccc(C(=O)Oc2ccc(N=Nc3ccc(C)c(S(=O)(=O)O)c3)cc2SOOO)cc1. The third kappa shape index (κ3) is 11.0. The first kappa shape index (κ1) is 33.6. The van der Waals surface area contributed by atoms with E-state index in [-0.39, 0.29) is 26.9 Å². The molecular weight excluding hydrogens is 600 g/mol. The predicted molar refractivity (Wildman–Crippen MR) is 157 cm³/mol. The normalized spacial score (nSPS) is 11.4. The third-order valence-electron chi connectivity index (χ3n) is 5.98. The van der Waals surface area contributed by atoms with Gasteiger partial charge in [0.2, 0.25) is 0 Å². The lowest BCUT2D eigenvalue weighted by atomic mass is 10.0. The van der Waals surface area contributed by atoms with Gasteiger partial charge in [0.05, 0.1) is 45.4 Å². The van der Waals surface area contributed by atoms with E-state index in [1.165, 1.54) is 43.3 Å². The molecule has 0 heterocycles. The van der Waals surface area contributed by atoms with Crippen LogP contribution in [-0.4, -0.2) is 36.8 Å². The molecular formula is C29H30N2O10S2. The van der Waals surface area contributed by atoms with Gasteiger partial charge in [0.25, 0.3) is 10.1 Å². The molecule has 3 aromatic carbocycles. The minimum atomic E-state index is -4.43. The van der Waals surface area contributed by atoms with Gasteiger partial charge in [0.1, 0.15) is 5.75 Å². The van der Waals surface area contributed by atoms with Crippen LogP contribution in [0, 0.1) is 6.92 Å². The van der Waals surface area contributed by atoms with Crippen molar-refractivity contribution in [1.29, 1.82) is 0 Å². The van der Waals surface area contributed by atoms with Crippen LogP contribution in [0.5, 0.6) is 5.75 Å². The number of nitrogens with zero attached hydrogens (tertiary/aromatic N) is 2. The Morgan fingerprint density at radius 2 is 1.63 bits per heavy atom. The topological polar surface area (TPSA) is 170 Å². The average molecular weight is 631 g/mol. The molecule has 0 aliphatic heterocycles. The van der Waals surface area contributed by atoms with Gasteiger partial charge in [0, 0.05) is 6.08 Å². The second-order valence-electron chi connectivity index (χ2n) is 9.10. The van der Waals surface area contributed by atoms with Gasteiger partial charge in [-0.05, 0) is 79.8 Å². The van der Waals surface area contributed by atoms with Crippen LogP contribution in [0.2, 0.25) is 0 Å². The molecule has 0 aromatic heterocycles. The smallest absolute Gasteiger partial charge is 0.343 e. The molecule has 0 aliphatic carbocycles. The van der Waals surface area contributed by atoms with E-state index in [0.717, 1.165) is 43.7 Å². The number of hydrogen-bond acceptors (Lipinski definition) is 12. The second-order valence-corrected chi connectivity index (χ2v) is 11.2. The van der Waals surface area contributed by atoms with Crippen molar-refractivity contribution in [3.63, 3.8) is 0 Å². The number of carbonyl (C=O) groups excluding carboxylic acids is 2. The maximum Gasteiger partial charge on any atom is 0.343 e. The van der Waals surface area contributed by atoms with Gasteiger partial charge in [-0.2, -0.15) is 18.6 Å². The molecule has 0 saturated carbocycles. The number of hydrogen-bond donors (Lipinski definition) is 2. The van der Waals surface area contributed by atoms with Crippen molar-refractivity contribution in [3.05, 3.63) is 90.0 Å². The van der Waals surface area contributed by atoms with Gasteiger partial charge in [-0.15, -0.1) is 4.33 Å². The molecule has 0 unspecified atom stereocenters. The zero-order valence-electron chi connectivity index (χ0n) is 23.2. The molecule has 14 heteroatoms. The number of esters is 2. The Labute approximate surface area is 253 Å². The maximum atomic E-state index is 12.8. The Morgan fingerprint density at radius 1 is 0.953 bits per heavy atom. The molecule has 2 N–H and O–H groups in total. The number of rotatable bonds is 16. The van der Waals surface area contributed by atoms with Crippen LogP contribution < -0.4 is 4.74 Å². The van der Waals surface area contributed by atoms with Crippen LogP contribution in [0.4, 0.5) is 11.4 Å². The highest BCUT2D eigenvalue weighted by atomic mass is 32.2. The molecule has 0 amide bonds. The molecule has 0 aliphatic rings. The maximum absolute atomic E-state index is 12.8. The Bertz CT molecular complexity index is 1560. The van der Waals surface area contributed by atoms with E-state index in [0.29, 0.717) is 29.8 Å². The van der Waals surface area contributed by atoms with Crippen molar-refractivity contribution >= 4 is 45.5 Å². The van der Waals surface area contributed by atoms with Crippen LogP contribution >= 0.6 is 12.0 Å². The van der Waals surface area contributed by atoms with Gasteiger partial charge < -0.3 is 9.47 Å². The van der Waals surface area contributed by atoms with E-state index in [9.17, 15) is 22.6 Å². The fourth-order valence-electron chi connectivity index (χ4n) is 3.79. The van der Waals surface area contributed by atoms with Crippen LogP contribution in [0.3, 0.4) is 0 Å². The fourth-order valence-corrected chi connectivity index (χ4v) is 5.00. The molecule has 3 rings (SSSR count). The summed E-state index contributed by atoms with van der Waals surface area (Å²) < 4.78 is 47.5. The van der Waals surface area contributed by atoms with E-state index >= 15 is 0 Å². The van der Waals surface area contributed by atoms with Gasteiger partial charge in [-0.3, -0.25) is 4.55 Å². The van der Waals surface area contributed by atoms with Gasteiger partial charge in [-0.1, -0.05) is 42.7 Å². The number of benzene rings is 3. The van der Waals surface area contributed by atoms with E-state index in [4.69, 9.17) is 14.7 Å². The highest BCUT2D eigenvalue weighted by Gasteiger charge is 2.16. The summed E-state index contributed by atoms with van der Waals surface area (Å²) in [7, 11) is -4.43. The minimum Gasteiger partial charge on any atom is -0.463 e. The highest BCUT2D eigenvalue weighted by Crippen LogP contribution is 2.35. The molecule has 0 bridgehead atoms. The lowest BCUT2D eigenvalue weighted by Crippen LogP contribution is -2.09. The zero-order valence-corrected chi connectivity index (χ0v) is 24.8. The summed E-state index contributed by atoms with van der Waals surface area (Å²) >= 11 is 0.556. The summed E-state index contributed by atoms with van der Waals surface area (Å²) in [6.45, 7) is 5.26. The first-order valence-corrected chi connectivity index (χ1v) is 15.2. The molecule has 12 nitrogen and oxygen atoms in total. The lowest BCUT2D eigenvalue weighted by Gasteiger charge is -2.10. The molecule has 3 aromatic rings. The molecule has 0 atom stereocenters. The molecule has 0 saturated heterocycles. The highest BCUT2D eigenvalue weighted by molar-refractivity contribution is 7.94. The largest absolute Gasteiger partial charge is 0.463 e. The van der Waals surface area contributed by atoms with Crippen molar-refractivity contribution in [2.45, 2.75) is 48.8 Å². The van der Waals surface area contributed by atoms with Crippen LogP contribution in [-0.2, 0) is 35.4 Å².